The van der Waals surface area contributed by atoms with E-state index >= 15 is 0 Å². The predicted molar refractivity (Wildman–Crippen MR) is 98.6 cm³/mol. The zero-order valence-electron chi connectivity index (χ0n) is 15.0. The number of aromatic nitrogens is 2. The van der Waals surface area contributed by atoms with Crippen LogP contribution in [0.4, 0.5) is 0 Å². The van der Waals surface area contributed by atoms with E-state index in [9.17, 15) is 0 Å². The molecular weight excluding hydrogens is 326 g/mol. The molecule has 0 radical (unpaired) electrons. The van der Waals surface area contributed by atoms with Crippen molar-refractivity contribution in [2.75, 3.05) is 6.54 Å². The molecule has 2 aromatic carbocycles. The molecule has 134 valence electrons. The minimum Gasteiger partial charge on any atom is -0.363 e. The van der Waals surface area contributed by atoms with Gasteiger partial charge in [-0.1, -0.05) is 47.6 Å². The minimum atomic E-state index is -0.0463. The molecule has 3 heterocycles. The SMILES string of the molecule is Cc1noc([C@@H]2CC[C@@H]3[C@@H](CCN3Cc3cccc4ccccc34)O2)n1. The van der Waals surface area contributed by atoms with Gasteiger partial charge in [0.1, 0.15) is 6.10 Å². The average Bonchev–Trinajstić information content (AvgIpc) is 3.28. The third-order valence-electron chi connectivity index (χ3n) is 5.73. The molecule has 26 heavy (non-hydrogen) atoms. The fraction of sp³-hybridized carbons (Fsp3) is 0.429. The maximum atomic E-state index is 6.33. The lowest BCUT2D eigenvalue weighted by molar-refractivity contribution is -0.0831. The van der Waals surface area contributed by atoms with Crippen molar-refractivity contribution in [2.45, 2.75) is 51.0 Å². The van der Waals surface area contributed by atoms with Crippen molar-refractivity contribution in [3.05, 3.63) is 59.7 Å². The number of aryl methyl sites for hydroxylation is 1. The van der Waals surface area contributed by atoms with Crippen molar-refractivity contribution >= 4 is 10.8 Å². The summed E-state index contributed by atoms with van der Waals surface area (Å²) in [5.74, 6) is 1.31. The molecule has 0 amide bonds. The maximum Gasteiger partial charge on any atom is 0.255 e. The second-order valence-corrected chi connectivity index (χ2v) is 7.39. The highest BCUT2D eigenvalue weighted by molar-refractivity contribution is 5.85. The summed E-state index contributed by atoms with van der Waals surface area (Å²) in [5.41, 5.74) is 1.40. The van der Waals surface area contributed by atoms with Gasteiger partial charge in [-0.25, -0.2) is 0 Å². The highest BCUT2D eigenvalue weighted by atomic mass is 16.5. The van der Waals surface area contributed by atoms with Gasteiger partial charge in [0, 0.05) is 19.1 Å². The Bertz CT molecular complexity index is 917. The lowest BCUT2D eigenvalue weighted by Crippen LogP contribution is -2.40. The molecular formula is C21H23N3O2. The molecule has 5 heteroatoms. The van der Waals surface area contributed by atoms with Crippen LogP contribution in [0.25, 0.3) is 10.8 Å². The van der Waals surface area contributed by atoms with Crippen LogP contribution in [0.5, 0.6) is 0 Å². The Kier molecular flexibility index (Phi) is 3.98. The van der Waals surface area contributed by atoms with E-state index in [1.54, 1.807) is 0 Å². The van der Waals surface area contributed by atoms with Gasteiger partial charge >= 0.3 is 0 Å². The highest BCUT2D eigenvalue weighted by Gasteiger charge is 2.41. The molecule has 0 saturated carbocycles. The second kappa shape index (κ2) is 6.49. The summed E-state index contributed by atoms with van der Waals surface area (Å²) in [4.78, 5) is 6.94. The van der Waals surface area contributed by atoms with Gasteiger partial charge in [0.2, 0.25) is 0 Å². The van der Waals surface area contributed by atoms with E-state index in [-0.39, 0.29) is 12.2 Å². The third kappa shape index (κ3) is 2.81. The van der Waals surface area contributed by atoms with Crippen LogP contribution < -0.4 is 0 Å². The van der Waals surface area contributed by atoms with Crippen molar-refractivity contribution in [1.82, 2.24) is 15.0 Å². The van der Waals surface area contributed by atoms with Crippen LogP contribution in [0.3, 0.4) is 0 Å². The maximum absolute atomic E-state index is 6.33. The molecule has 3 aromatic rings. The number of hydrogen-bond acceptors (Lipinski definition) is 5. The smallest absolute Gasteiger partial charge is 0.255 e. The van der Waals surface area contributed by atoms with Crippen LogP contribution in [0.15, 0.2) is 47.0 Å². The Morgan fingerprint density at radius 2 is 1.96 bits per heavy atom. The largest absolute Gasteiger partial charge is 0.363 e. The molecule has 2 saturated heterocycles. The quantitative estimate of drug-likeness (QED) is 0.715. The van der Waals surface area contributed by atoms with E-state index in [0.717, 1.165) is 32.4 Å². The van der Waals surface area contributed by atoms with Gasteiger partial charge in [-0.3, -0.25) is 4.90 Å². The number of rotatable bonds is 3. The summed E-state index contributed by atoms with van der Waals surface area (Å²) in [6, 6.07) is 15.7. The molecule has 1 aromatic heterocycles. The summed E-state index contributed by atoms with van der Waals surface area (Å²) in [6.07, 6.45) is 3.33. The van der Waals surface area contributed by atoms with Gasteiger partial charge in [-0.2, -0.15) is 4.98 Å². The Hall–Kier alpha value is -2.24. The summed E-state index contributed by atoms with van der Waals surface area (Å²) < 4.78 is 11.7. The standard InChI is InChI=1S/C21H23N3O2/c1-14-22-21(26-23-14)20-10-9-18-19(25-20)11-12-24(18)13-16-7-4-6-15-5-2-3-8-17(15)16/h2-8,18-20H,9-13H2,1H3/t18-,19-,20+/m1/s1. The fourth-order valence-electron chi connectivity index (χ4n) is 4.49. The van der Waals surface area contributed by atoms with Crippen molar-refractivity contribution < 1.29 is 9.26 Å². The first kappa shape index (κ1) is 16.0. The number of hydrogen-bond donors (Lipinski definition) is 0. The molecule has 0 N–H and O–H groups in total. The molecule has 5 nitrogen and oxygen atoms in total. The van der Waals surface area contributed by atoms with Crippen LogP contribution in [0.2, 0.25) is 0 Å². The van der Waals surface area contributed by atoms with Crippen LogP contribution in [-0.2, 0) is 11.3 Å². The summed E-state index contributed by atoms with van der Waals surface area (Å²) in [7, 11) is 0. The molecule has 2 aliphatic rings. The molecule has 0 spiro atoms. The van der Waals surface area contributed by atoms with Gasteiger partial charge in [0.15, 0.2) is 5.82 Å². The number of fused-ring (bicyclic) bond motifs is 2. The highest BCUT2D eigenvalue weighted by Crippen LogP contribution is 2.38. The first-order valence-corrected chi connectivity index (χ1v) is 9.44. The van der Waals surface area contributed by atoms with Crippen LogP contribution in [-0.4, -0.2) is 33.7 Å². The normalized spacial score (nSPS) is 26.3. The lowest BCUT2D eigenvalue weighted by Gasteiger charge is -2.35. The zero-order chi connectivity index (χ0) is 17.5. The Balaban J connectivity index is 1.32. The van der Waals surface area contributed by atoms with Crippen LogP contribution >= 0.6 is 0 Å². The average molecular weight is 349 g/mol. The first-order valence-electron chi connectivity index (χ1n) is 9.44. The monoisotopic (exact) mass is 349 g/mol. The summed E-state index contributed by atoms with van der Waals surface area (Å²) >= 11 is 0. The minimum absolute atomic E-state index is 0.0463. The Labute approximate surface area is 153 Å². The van der Waals surface area contributed by atoms with Crippen molar-refractivity contribution in [3.8, 4) is 0 Å². The third-order valence-corrected chi connectivity index (χ3v) is 5.73. The molecule has 2 aliphatic heterocycles. The van der Waals surface area contributed by atoms with Gasteiger partial charge in [-0.15, -0.1) is 0 Å². The van der Waals surface area contributed by atoms with E-state index in [4.69, 9.17) is 9.26 Å². The number of ether oxygens (including phenoxy) is 1. The number of nitrogens with zero attached hydrogens (tertiary/aromatic N) is 3. The van der Waals surface area contributed by atoms with E-state index < -0.39 is 0 Å². The molecule has 0 bridgehead atoms. The molecule has 2 fully saturated rings. The predicted octanol–water partition coefficient (Wildman–Crippen LogP) is 4.03. The number of likely N-dealkylation sites (tertiary alicyclic amines) is 1. The van der Waals surface area contributed by atoms with E-state index in [2.05, 4.69) is 57.5 Å². The Morgan fingerprint density at radius 3 is 2.85 bits per heavy atom. The number of benzene rings is 2. The van der Waals surface area contributed by atoms with Gasteiger partial charge in [0.05, 0.1) is 6.10 Å². The van der Waals surface area contributed by atoms with Gasteiger partial charge in [-0.05, 0) is 42.5 Å². The second-order valence-electron chi connectivity index (χ2n) is 7.39. The molecule has 3 atom stereocenters. The van der Waals surface area contributed by atoms with Crippen LogP contribution in [0, 0.1) is 6.92 Å². The first-order chi connectivity index (χ1) is 12.8. The zero-order valence-corrected chi connectivity index (χ0v) is 15.0. The lowest BCUT2D eigenvalue weighted by atomic mass is 9.98. The topological polar surface area (TPSA) is 51.4 Å². The van der Waals surface area contributed by atoms with Gasteiger partial charge in [0.25, 0.3) is 5.89 Å². The molecule has 5 rings (SSSR count). The van der Waals surface area contributed by atoms with E-state index in [1.807, 2.05) is 6.92 Å². The fourth-order valence-corrected chi connectivity index (χ4v) is 4.49. The summed E-state index contributed by atoms with van der Waals surface area (Å²) in [6.45, 7) is 3.91. The van der Waals surface area contributed by atoms with E-state index in [1.165, 1.54) is 16.3 Å². The van der Waals surface area contributed by atoms with Crippen molar-refractivity contribution in [3.63, 3.8) is 0 Å². The van der Waals surface area contributed by atoms with E-state index in [0.29, 0.717) is 17.8 Å². The molecule has 0 aliphatic carbocycles. The van der Waals surface area contributed by atoms with Crippen molar-refractivity contribution in [1.29, 1.82) is 0 Å². The van der Waals surface area contributed by atoms with Crippen LogP contribution in [0.1, 0.15) is 42.6 Å². The van der Waals surface area contributed by atoms with Gasteiger partial charge < -0.3 is 9.26 Å². The summed E-state index contributed by atoms with van der Waals surface area (Å²) in [5, 5.41) is 6.57. The van der Waals surface area contributed by atoms with Crippen molar-refractivity contribution in [2.24, 2.45) is 0 Å². The Morgan fingerprint density at radius 1 is 1.08 bits per heavy atom. The molecule has 0 unspecified atom stereocenters.